The molecule has 0 amide bonds. The molecule has 3 aliphatic rings. The predicted octanol–water partition coefficient (Wildman–Crippen LogP) is 10.5. The molecule has 0 aromatic carbocycles. The van der Waals surface area contributed by atoms with Gasteiger partial charge in [0.25, 0.3) is 0 Å². The van der Waals surface area contributed by atoms with Crippen LogP contribution in [0.1, 0.15) is 123 Å². The maximum Gasteiger partial charge on any atom is 0 e. The fraction of sp³-hybridized carbons (Fsp3) is 0.647. The van der Waals surface area contributed by atoms with Gasteiger partial charge >= 0.3 is 490 Å². The Bertz CT molecular complexity index is 3250. The summed E-state index contributed by atoms with van der Waals surface area (Å²) in [5.74, 6) is -0.944. The van der Waals surface area contributed by atoms with Crippen LogP contribution in [0.4, 0.5) is 27.7 Å². The maximum atomic E-state index is 14.6. The van der Waals surface area contributed by atoms with Crippen LogP contribution in [0.2, 0.25) is 0 Å². The SMILES string of the molecule is CC(O[PH](C)=[W])[C@@]1(C)O[C@@H](n2cc(F)c3c(N)ccnc32)C(C)(C)[C@@H]1C.CC(O[PH](C)=[W])[C@@]1(C)O[C@@H](n2ccc3c(N)ncnc32)C(C)(C)[C@@H]1C.CC(O[PH](C)=[W])[C@@]1(C)O[C@@H](n2cnc3c(N)nc(N)nc32)C(C)(C)[C@@H]1C.[Y].[Y].[Y]. The van der Waals surface area contributed by atoms with Gasteiger partial charge in [0.1, 0.15) is 0 Å². The van der Waals surface area contributed by atoms with E-state index in [0.29, 0.717) is 39.6 Å². The van der Waals surface area contributed by atoms with E-state index in [0.717, 1.165) is 11.0 Å². The third-order valence-corrected chi connectivity index (χ3v) is 23.0. The average molecular weight is 1900 g/mol. The topological polar surface area (TPSA) is 252 Å². The largest absolute Gasteiger partial charge is 0 e. The standard InChI is InChI=1S/C18H27FN3O2P.C17H27N4O2P.C16H27N6O2P.3W.3Y/c1-10-17(3,4)16(23-18(10,5)11(2)24-25-6)22-9-12(19)14-13(20)7-8-21-15(14)22;1-10-16(3,4)15(22-17(10,5)11(2)23-24-6)21-8-7-12-13(18)19-9-20-14(12)21;1-8-15(3,4)13(23-16(8,5)9(2)24-25-6)22-7-19-10-11(17)20-14(18)21-12(10)22;;;;;;/h7-11,16,25H,1-6H3,(H2,20,21);7-11,15,24H,1-6H3,(H2,18,19,20);7-9,13,25H,1-6H3,(H4,17,18,20,21);;;;;;/t10-,11?,16+,18-;10-,11?,15+,17-;8-,9?,13+,16-;;;;;;/m000....../s1. The predicted molar refractivity (Wildman–Crippen MR) is 299 cm³/mol. The van der Waals surface area contributed by atoms with E-state index in [-0.39, 0.29) is 186 Å². The normalized spacial score (nSPS) is 29.6. The van der Waals surface area contributed by atoms with Gasteiger partial charge in [0.2, 0.25) is 0 Å². The smallest absolute Gasteiger partial charge is 0 e. The minimum Gasteiger partial charge on any atom is 0 e. The number of anilines is 4. The quantitative estimate of drug-likeness (QED) is 0.0831. The van der Waals surface area contributed by atoms with Gasteiger partial charge < -0.3 is 0 Å². The van der Waals surface area contributed by atoms with E-state index >= 15 is 0 Å². The second kappa shape index (κ2) is 28.1. The molecule has 3 aliphatic heterocycles. The van der Waals surface area contributed by atoms with E-state index in [4.69, 9.17) is 50.7 Å². The van der Waals surface area contributed by atoms with Crippen LogP contribution in [-0.2, 0) is 182 Å². The fourth-order valence-electron chi connectivity index (χ4n) is 11.7. The maximum absolute atomic E-state index is 14.6. The van der Waals surface area contributed by atoms with Gasteiger partial charge in [-0.3, -0.25) is 0 Å². The van der Waals surface area contributed by atoms with Crippen LogP contribution in [0.5, 0.6) is 0 Å². The van der Waals surface area contributed by atoms with Crippen molar-refractivity contribution in [1.29, 1.82) is 0 Å². The summed E-state index contributed by atoms with van der Waals surface area (Å²) >= 11 is 4.52. The zero-order chi connectivity index (χ0) is 57.4. The average Bonchev–Trinajstić information content (AvgIpc) is 4.14. The molecule has 0 spiro atoms. The van der Waals surface area contributed by atoms with Crippen molar-refractivity contribution in [2.75, 3.05) is 42.9 Å². The van der Waals surface area contributed by atoms with Crippen LogP contribution in [0, 0.1) is 39.8 Å². The summed E-state index contributed by atoms with van der Waals surface area (Å²) in [6, 6.07) is 3.58. The monoisotopic (exact) mass is 1900 g/mol. The summed E-state index contributed by atoms with van der Waals surface area (Å²) in [5.41, 5.74) is 24.9. The van der Waals surface area contributed by atoms with Crippen molar-refractivity contribution in [3.8, 4) is 0 Å². The fourth-order valence-corrected chi connectivity index (χ4v) is 18.5. The molecule has 19 nitrogen and oxygen atoms in total. The van der Waals surface area contributed by atoms with Crippen molar-refractivity contribution in [2.45, 2.75) is 158 Å². The number of nitrogens with zero attached hydrogens (tertiary/aromatic N) is 9. The first-order valence-electron chi connectivity index (χ1n) is 25.8. The number of aromatic nitrogens is 9. The number of rotatable bonds is 12. The zero-order valence-corrected chi connectivity index (χ0v) is 69.7. The van der Waals surface area contributed by atoms with Crippen LogP contribution in [-0.4, -0.2) is 98.7 Å². The Hall–Kier alpha value is 1.42. The molecule has 9 rings (SSSR count). The molecule has 0 aliphatic carbocycles. The number of halogens is 1. The van der Waals surface area contributed by atoms with Crippen molar-refractivity contribution in [1.82, 2.24) is 43.6 Å². The molecule has 0 bridgehead atoms. The van der Waals surface area contributed by atoms with Gasteiger partial charge in [-0.15, -0.1) is 0 Å². The number of nitrogen functional groups attached to an aromatic ring is 4. The van der Waals surface area contributed by atoms with E-state index in [1.54, 1.807) is 23.2 Å². The Morgan fingerprint density at radius 2 is 1.02 bits per heavy atom. The summed E-state index contributed by atoms with van der Waals surface area (Å²) in [4.78, 5) is 25.7. The molecule has 3 radical (unpaired) electrons. The van der Waals surface area contributed by atoms with E-state index in [1.165, 1.54) is 68.9 Å². The minimum absolute atomic E-state index is 0. The van der Waals surface area contributed by atoms with Crippen LogP contribution in [0.15, 0.2) is 43.4 Å². The number of ether oxygens (including phenoxy) is 3. The van der Waals surface area contributed by atoms with Gasteiger partial charge in [0.15, 0.2) is 0 Å². The Morgan fingerprint density at radius 1 is 0.588 bits per heavy atom. The second-order valence-electron chi connectivity index (χ2n) is 23.3. The first-order valence-corrected chi connectivity index (χ1v) is 44.5. The van der Waals surface area contributed by atoms with E-state index in [2.05, 4.69) is 158 Å². The first kappa shape index (κ1) is 73.9. The van der Waals surface area contributed by atoms with Gasteiger partial charge in [-0.05, 0) is 0 Å². The van der Waals surface area contributed by atoms with Gasteiger partial charge in [-0.1, -0.05) is 0 Å². The third kappa shape index (κ3) is 14.1. The number of fused-ring (bicyclic) bond motifs is 3. The van der Waals surface area contributed by atoms with Crippen molar-refractivity contribution in [3.63, 3.8) is 0 Å². The molecular weight excluding hydrogens is 1820 g/mol. The van der Waals surface area contributed by atoms with Crippen LogP contribution in [0.25, 0.3) is 33.2 Å². The number of pyridine rings is 1. The minimum atomic E-state index is -0.778. The molecule has 0 saturated carbocycles. The molecule has 6 aromatic heterocycles. The summed E-state index contributed by atoms with van der Waals surface area (Å²) in [7, 11) is 0. The van der Waals surface area contributed by atoms with E-state index in [9.17, 15) is 4.39 Å². The van der Waals surface area contributed by atoms with Gasteiger partial charge in [0, 0.05) is 98.1 Å². The Morgan fingerprint density at radius 3 is 1.48 bits per heavy atom. The first-order chi connectivity index (χ1) is 35.6. The van der Waals surface area contributed by atoms with Crippen molar-refractivity contribution >= 4 is 73.8 Å². The molecule has 3 fully saturated rings. The van der Waals surface area contributed by atoms with Crippen molar-refractivity contribution in [2.24, 2.45) is 34.0 Å². The summed E-state index contributed by atoms with van der Waals surface area (Å²) < 4.78 is 59.0. The third-order valence-electron chi connectivity index (χ3n) is 17.8. The zero-order valence-electron chi connectivity index (χ0n) is 49.4. The van der Waals surface area contributed by atoms with Gasteiger partial charge in [0.05, 0.1) is 0 Å². The molecule has 6 unspecified atom stereocenters. The molecule has 8 N–H and O–H groups in total. The van der Waals surface area contributed by atoms with Crippen molar-refractivity contribution in [3.05, 3.63) is 49.2 Å². The molecule has 80 heavy (non-hydrogen) atoms. The molecule has 435 valence electrons. The molecular formula is C51H81FN13O6P3W3Y3. The number of hydrogen-bond acceptors (Lipinski definition) is 16. The van der Waals surface area contributed by atoms with Crippen molar-refractivity contribution < 1.29 is 187 Å². The van der Waals surface area contributed by atoms with Gasteiger partial charge in [-0.2, -0.15) is 0 Å². The Kier molecular flexibility index (Phi) is 25.9. The number of hydrogen-bond donors (Lipinski definition) is 4. The van der Waals surface area contributed by atoms with Crippen LogP contribution < -0.4 is 22.9 Å². The van der Waals surface area contributed by atoms with Gasteiger partial charge in [-0.25, -0.2) is 0 Å². The summed E-state index contributed by atoms with van der Waals surface area (Å²) in [5, 5.41) is 1.22. The Balaban J connectivity index is 0.000000254. The number of imidazole rings is 1. The summed E-state index contributed by atoms with van der Waals surface area (Å²) in [6.45, 7) is 39.2. The molecule has 6 aromatic rings. The summed E-state index contributed by atoms with van der Waals surface area (Å²) in [6.07, 6.45) is 7.55. The molecule has 15 atom stereocenters. The Labute approximate surface area is 580 Å². The number of nitrogens with two attached hydrogens (primary N) is 4. The second-order valence-corrected chi connectivity index (χ2v) is 45.6. The molecule has 29 heteroatoms. The van der Waals surface area contributed by atoms with E-state index < -0.39 is 28.5 Å². The molecule has 3 saturated heterocycles. The van der Waals surface area contributed by atoms with Crippen LogP contribution in [0.3, 0.4) is 0 Å². The van der Waals surface area contributed by atoms with Crippen LogP contribution >= 0.6 is 17.3 Å². The molecule has 9 heterocycles. The van der Waals surface area contributed by atoms with E-state index in [1.807, 2.05) is 16.8 Å².